The number of aldehydes is 1. The van der Waals surface area contributed by atoms with E-state index in [0.717, 1.165) is 11.9 Å². The molecule has 0 fully saturated rings. The molecule has 0 spiro atoms. The van der Waals surface area contributed by atoms with E-state index in [0.29, 0.717) is 5.92 Å². The van der Waals surface area contributed by atoms with Crippen molar-refractivity contribution in [2.75, 3.05) is 0 Å². The highest BCUT2D eigenvalue weighted by atomic mass is 16.1. The molecule has 0 unspecified atom stereocenters. The molecular weight excluding hydrogens is 256 g/mol. The predicted molar refractivity (Wildman–Crippen MR) is 92.1 cm³/mol. The van der Waals surface area contributed by atoms with Crippen molar-refractivity contribution in [1.82, 2.24) is 0 Å². The van der Waals surface area contributed by atoms with Gasteiger partial charge in [0, 0.05) is 0 Å². The third kappa shape index (κ3) is 6.71. The highest BCUT2D eigenvalue weighted by Gasteiger charge is 1.97. The van der Waals surface area contributed by atoms with Gasteiger partial charge in [-0.3, -0.25) is 4.79 Å². The van der Waals surface area contributed by atoms with Gasteiger partial charge in [-0.05, 0) is 42.6 Å². The number of carbonyl (C=O) groups is 1. The Balaban J connectivity index is 2.84. The first kappa shape index (κ1) is 16.9. The van der Waals surface area contributed by atoms with Gasteiger partial charge in [0.2, 0.25) is 0 Å². The van der Waals surface area contributed by atoms with E-state index in [-0.39, 0.29) is 0 Å². The van der Waals surface area contributed by atoms with Crippen LogP contribution in [0.15, 0.2) is 65.8 Å². The molecule has 1 nitrogen and oxygen atoms in total. The molecule has 1 aromatic carbocycles. The highest BCUT2D eigenvalue weighted by Crippen LogP contribution is 2.14. The zero-order valence-electron chi connectivity index (χ0n) is 13.3. The molecule has 21 heavy (non-hydrogen) atoms. The Kier molecular flexibility index (Phi) is 7.17. The largest absolute Gasteiger partial charge is 0.299 e. The molecule has 0 saturated carbocycles. The van der Waals surface area contributed by atoms with Crippen LogP contribution in [0.2, 0.25) is 0 Å². The van der Waals surface area contributed by atoms with Crippen molar-refractivity contribution in [2.45, 2.75) is 27.7 Å². The fourth-order valence-electron chi connectivity index (χ4n) is 1.78. The lowest BCUT2D eigenvalue weighted by atomic mass is 10.0. The average Bonchev–Trinajstić information content (AvgIpc) is 2.44. The van der Waals surface area contributed by atoms with Crippen molar-refractivity contribution in [1.29, 1.82) is 0 Å². The molecule has 0 atom stereocenters. The molecule has 1 aromatic rings. The Bertz CT molecular complexity index is 566. The number of rotatable bonds is 6. The van der Waals surface area contributed by atoms with E-state index in [1.807, 2.05) is 19.1 Å². The second-order valence-electron chi connectivity index (χ2n) is 5.47. The first-order valence-electron chi connectivity index (χ1n) is 7.28. The SMILES string of the molecule is CC(/C=C/C=C(/C=C/c1ccc(C)cc1)C(C)C)=C\C=O. The number of carbonyl (C=O) groups excluding carboxylic acids is 1. The molecule has 0 aliphatic heterocycles. The van der Waals surface area contributed by atoms with Gasteiger partial charge < -0.3 is 0 Å². The summed E-state index contributed by atoms with van der Waals surface area (Å²) in [6.45, 7) is 8.35. The first-order valence-corrected chi connectivity index (χ1v) is 7.28. The van der Waals surface area contributed by atoms with E-state index >= 15 is 0 Å². The van der Waals surface area contributed by atoms with Gasteiger partial charge in [-0.1, -0.05) is 74.1 Å². The van der Waals surface area contributed by atoms with Crippen LogP contribution < -0.4 is 0 Å². The molecule has 0 amide bonds. The molecule has 0 heterocycles. The standard InChI is InChI=1S/C20H24O/c1-16(2)20(7-5-6-17(3)14-15-21)13-12-19-10-8-18(4)9-11-19/h5-16H,1-4H3/b6-5+,13-12+,17-14+,20-7-. The fraction of sp³-hybridized carbons (Fsp3) is 0.250. The minimum atomic E-state index is 0.451. The van der Waals surface area contributed by atoms with Crippen molar-refractivity contribution >= 4 is 12.4 Å². The van der Waals surface area contributed by atoms with Crippen LogP contribution in [0, 0.1) is 12.8 Å². The van der Waals surface area contributed by atoms with Gasteiger partial charge in [0.25, 0.3) is 0 Å². The second-order valence-corrected chi connectivity index (χ2v) is 5.47. The topological polar surface area (TPSA) is 17.1 Å². The number of aryl methyl sites for hydroxylation is 1. The zero-order valence-corrected chi connectivity index (χ0v) is 13.3. The van der Waals surface area contributed by atoms with Gasteiger partial charge >= 0.3 is 0 Å². The summed E-state index contributed by atoms with van der Waals surface area (Å²) in [5, 5.41) is 0. The molecule has 110 valence electrons. The lowest BCUT2D eigenvalue weighted by molar-refractivity contribution is -0.104. The number of hydrogen-bond acceptors (Lipinski definition) is 1. The average molecular weight is 280 g/mol. The van der Waals surface area contributed by atoms with Crippen molar-refractivity contribution in [3.05, 3.63) is 76.9 Å². The summed E-state index contributed by atoms with van der Waals surface area (Å²) < 4.78 is 0. The summed E-state index contributed by atoms with van der Waals surface area (Å²) in [4.78, 5) is 10.4. The van der Waals surface area contributed by atoms with Crippen LogP contribution in [-0.2, 0) is 4.79 Å². The number of hydrogen-bond donors (Lipinski definition) is 0. The van der Waals surface area contributed by atoms with E-state index in [4.69, 9.17) is 0 Å². The maximum absolute atomic E-state index is 10.4. The molecule has 0 radical (unpaired) electrons. The summed E-state index contributed by atoms with van der Waals surface area (Å²) >= 11 is 0. The Labute approximate surface area is 128 Å². The van der Waals surface area contributed by atoms with Crippen LogP contribution in [0.4, 0.5) is 0 Å². The van der Waals surface area contributed by atoms with Crippen LogP contribution in [0.25, 0.3) is 6.08 Å². The monoisotopic (exact) mass is 280 g/mol. The Morgan fingerprint density at radius 2 is 1.71 bits per heavy atom. The molecule has 0 aromatic heterocycles. The smallest absolute Gasteiger partial charge is 0.143 e. The molecule has 0 aliphatic carbocycles. The summed E-state index contributed by atoms with van der Waals surface area (Å²) in [6, 6.07) is 8.48. The van der Waals surface area contributed by atoms with Gasteiger partial charge in [0.15, 0.2) is 0 Å². The van der Waals surface area contributed by atoms with Gasteiger partial charge in [-0.2, -0.15) is 0 Å². The highest BCUT2D eigenvalue weighted by molar-refractivity contribution is 5.67. The Hall–Kier alpha value is -2.15. The number of allylic oxidation sites excluding steroid dienone is 7. The number of benzene rings is 1. The van der Waals surface area contributed by atoms with Crippen LogP contribution in [0.3, 0.4) is 0 Å². The summed E-state index contributed by atoms with van der Waals surface area (Å²) in [6.07, 6.45) is 12.7. The van der Waals surface area contributed by atoms with E-state index in [2.05, 4.69) is 63.3 Å². The maximum Gasteiger partial charge on any atom is 0.143 e. The minimum Gasteiger partial charge on any atom is -0.299 e. The predicted octanol–water partition coefficient (Wildman–Crippen LogP) is 5.29. The zero-order chi connectivity index (χ0) is 15.7. The molecule has 1 rings (SSSR count). The van der Waals surface area contributed by atoms with Crippen LogP contribution in [0.1, 0.15) is 31.9 Å². The summed E-state index contributed by atoms with van der Waals surface area (Å²) in [7, 11) is 0. The van der Waals surface area contributed by atoms with Gasteiger partial charge in [0.1, 0.15) is 6.29 Å². The minimum absolute atomic E-state index is 0.451. The molecular formula is C20H24O. The molecule has 0 aliphatic rings. The quantitative estimate of drug-likeness (QED) is 0.393. The third-order valence-corrected chi connectivity index (χ3v) is 3.19. The van der Waals surface area contributed by atoms with Crippen molar-refractivity contribution < 1.29 is 4.79 Å². The van der Waals surface area contributed by atoms with E-state index in [9.17, 15) is 4.79 Å². The van der Waals surface area contributed by atoms with Crippen LogP contribution >= 0.6 is 0 Å². The Morgan fingerprint density at radius 3 is 2.29 bits per heavy atom. The van der Waals surface area contributed by atoms with E-state index in [1.54, 1.807) is 6.08 Å². The summed E-state index contributed by atoms with van der Waals surface area (Å²) in [5.41, 5.74) is 4.68. The van der Waals surface area contributed by atoms with Crippen molar-refractivity contribution in [3.8, 4) is 0 Å². The normalized spacial score (nSPS) is 13.6. The van der Waals surface area contributed by atoms with Gasteiger partial charge in [0.05, 0.1) is 0 Å². The van der Waals surface area contributed by atoms with E-state index < -0.39 is 0 Å². The van der Waals surface area contributed by atoms with E-state index in [1.165, 1.54) is 16.7 Å². The third-order valence-electron chi connectivity index (χ3n) is 3.19. The maximum atomic E-state index is 10.4. The molecule has 1 heteroatoms. The second kappa shape index (κ2) is 8.91. The van der Waals surface area contributed by atoms with Crippen LogP contribution in [-0.4, -0.2) is 6.29 Å². The summed E-state index contributed by atoms with van der Waals surface area (Å²) in [5.74, 6) is 0.451. The fourth-order valence-corrected chi connectivity index (χ4v) is 1.78. The van der Waals surface area contributed by atoms with Crippen LogP contribution in [0.5, 0.6) is 0 Å². The first-order chi connectivity index (χ1) is 10.0. The lowest BCUT2D eigenvalue weighted by Crippen LogP contribution is -1.89. The lowest BCUT2D eigenvalue weighted by Gasteiger charge is -2.05. The van der Waals surface area contributed by atoms with Crippen molar-refractivity contribution in [2.24, 2.45) is 5.92 Å². The van der Waals surface area contributed by atoms with Gasteiger partial charge in [-0.15, -0.1) is 0 Å². The molecule has 0 bridgehead atoms. The molecule has 0 N–H and O–H groups in total. The Morgan fingerprint density at radius 1 is 1.05 bits per heavy atom. The molecule has 0 saturated heterocycles. The van der Waals surface area contributed by atoms with Crippen molar-refractivity contribution in [3.63, 3.8) is 0 Å². The van der Waals surface area contributed by atoms with Gasteiger partial charge in [-0.25, -0.2) is 0 Å².